The standard InChI is InChI=1S/C35H46N2O8Si/c1-24-20-37(32(40)36-30(24)39)31-28(43-25(2)38)29(42-22-27-16-12-9-13-17-27)35(44-31,23-41-21-26-14-10-8-11-15-26)34(18-19-34)45-46(6,7)33(3,4)5/h8-17,20,28-29,31H,18-19,21-23H2,1-7H3,(H,36,39,40)/t28?,29?,31-,35-/m1/s1. The molecule has 46 heavy (non-hydrogen) atoms. The molecule has 2 unspecified atom stereocenters. The predicted molar refractivity (Wildman–Crippen MR) is 176 cm³/mol. The summed E-state index contributed by atoms with van der Waals surface area (Å²) in [5.41, 5.74) is -1.12. The highest BCUT2D eigenvalue weighted by atomic mass is 28.4. The normalized spacial score (nSPS) is 24.1. The van der Waals surface area contributed by atoms with Crippen LogP contribution in [0.5, 0.6) is 0 Å². The van der Waals surface area contributed by atoms with Gasteiger partial charge in [-0.25, -0.2) is 4.79 Å². The van der Waals surface area contributed by atoms with E-state index in [1.165, 1.54) is 17.7 Å². The first-order chi connectivity index (χ1) is 21.7. The molecule has 248 valence electrons. The van der Waals surface area contributed by atoms with Crippen molar-refractivity contribution in [1.29, 1.82) is 0 Å². The van der Waals surface area contributed by atoms with Crippen LogP contribution in [0.3, 0.4) is 0 Å². The molecule has 0 radical (unpaired) electrons. The Hall–Kier alpha value is -3.35. The summed E-state index contributed by atoms with van der Waals surface area (Å²) < 4.78 is 34.8. The van der Waals surface area contributed by atoms with E-state index in [4.69, 9.17) is 23.4 Å². The quantitative estimate of drug-likeness (QED) is 0.205. The fourth-order valence-corrected chi connectivity index (χ4v) is 7.59. The van der Waals surface area contributed by atoms with Gasteiger partial charge in [-0.2, -0.15) is 0 Å². The Morgan fingerprint density at radius 3 is 2.13 bits per heavy atom. The lowest BCUT2D eigenvalue weighted by atomic mass is 9.87. The first-order valence-corrected chi connectivity index (χ1v) is 18.7. The summed E-state index contributed by atoms with van der Waals surface area (Å²) in [6.45, 7) is 14.4. The second-order valence-corrected chi connectivity index (χ2v) is 18.7. The van der Waals surface area contributed by atoms with Crippen molar-refractivity contribution in [1.82, 2.24) is 9.55 Å². The Bertz CT molecular complexity index is 1630. The highest BCUT2D eigenvalue weighted by Gasteiger charge is 2.74. The van der Waals surface area contributed by atoms with Crippen molar-refractivity contribution in [3.8, 4) is 0 Å². The number of carbonyl (C=O) groups excluding carboxylic acids is 1. The maximum absolute atomic E-state index is 13.3. The van der Waals surface area contributed by atoms with Gasteiger partial charge in [-0.15, -0.1) is 0 Å². The van der Waals surface area contributed by atoms with Crippen molar-refractivity contribution >= 4 is 14.3 Å². The zero-order chi connectivity index (χ0) is 33.3. The van der Waals surface area contributed by atoms with Gasteiger partial charge < -0.3 is 23.4 Å². The molecule has 1 aromatic heterocycles. The molecule has 10 nitrogen and oxygen atoms in total. The van der Waals surface area contributed by atoms with Crippen LogP contribution in [0.4, 0.5) is 0 Å². The molecule has 2 aromatic carbocycles. The van der Waals surface area contributed by atoms with E-state index in [9.17, 15) is 14.4 Å². The average molecular weight is 651 g/mol. The number of esters is 1. The SMILES string of the molecule is CC(=O)OC1C(OCc2ccccc2)[C@](COCc2ccccc2)(C2(O[Si](C)(C)C(C)(C)C)CC2)O[C@H]1n1cc(C)c(=O)[nH]c1=O. The first-order valence-electron chi connectivity index (χ1n) is 15.8. The van der Waals surface area contributed by atoms with Gasteiger partial charge in [-0.1, -0.05) is 81.4 Å². The molecule has 11 heteroatoms. The highest BCUT2D eigenvalue weighted by molar-refractivity contribution is 6.74. The van der Waals surface area contributed by atoms with Crippen LogP contribution in [0.2, 0.25) is 18.1 Å². The number of carbonyl (C=O) groups is 1. The van der Waals surface area contributed by atoms with Gasteiger partial charge in [0.2, 0.25) is 0 Å². The van der Waals surface area contributed by atoms with Crippen LogP contribution in [0.15, 0.2) is 76.4 Å². The van der Waals surface area contributed by atoms with E-state index in [0.717, 1.165) is 11.1 Å². The summed E-state index contributed by atoms with van der Waals surface area (Å²) in [7, 11) is -2.41. The minimum absolute atomic E-state index is 0.0430. The highest BCUT2D eigenvalue weighted by Crippen LogP contribution is 2.60. The van der Waals surface area contributed by atoms with Gasteiger partial charge in [-0.3, -0.25) is 19.1 Å². The van der Waals surface area contributed by atoms with E-state index >= 15 is 0 Å². The first kappa shape index (κ1) is 34.0. The van der Waals surface area contributed by atoms with Crippen molar-refractivity contribution in [2.45, 2.75) is 108 Å². The third-order valence-electron chi connectivity index (χ3n) is 9.52. The molecule has 1 aliphatic carbocycles. The maximum Gasteiger partial charge on any atom is 0.330 e. The van der Waals surface area contributed by atoms with Crippen molar-refractivity contribution in [3.63, 3.8) is 0 Å². The molecule has 5 rings (SSSR count). The predicted octanol–water partition coefficient (Wildman–Crippen LogP) is 5.40. The summed E-state index contributed by atoms with van der Waals surface area (Å²) in [5.74, 6) is -0.558. The lowest BCUT2D eigenvalue weighted by Crippen LogP contribution is -2.62. The van der Waals surface area contributed by atoms with Crippen LogP contribution in [-0.4, -0.2) is 53.9 Å². The fourth-order valence-electron chi connectivity index (χ4n) is 5.93. The summed E-state index contributed by atoms with van der Waals surface area (Å²) >= 11 is 0. The number of hydrogen-bond donors (Lipinski definition) is 1. The average Bonchev–Trinajstić information content (AvgIpc) is 3.71. The molecule has 1 aliphatic heterocycles. The number of rotatable bonds is 12. The van der Waals surface area contributed by atoms with Crippen molar-refractivity contribution in [3.05, 3.63) is 104 Å². The number of nitrogens with zero attached hydrogens (tertiary/aromatic N) is 1. The Morgan fingerprint density at radius 1 is 1.00 bits per heavy atom. The van der Waals surface area contributed by atoms with E-state index < -0.39 is 55.2 Å². The van der Waals surface area contributed by atoms with Gasteiger partial charge in [0.25, 0.3) is 5.56 Å². The zero-order valence-electron chi connectivity index (χ0n) is 27.8. The van der Waals surface area contributed by atoms with Gasteiger partial charge in [0, 0.05) is 18.7 Å². The van der Waals surface area contributed by atoms with E-state index in [1.807, 2.05) is 60.7 Å². The minimum Gasteiger partial charge on any atom is -0.455 e. The summed E-state index contributed by atoms with van der Waals surface area (Å²) in [6, 6.07) is 19.5. The number of aromatic nitrogens is 2. The molecule has 0 bridgehead atoms. The van der Waals surface area contributed by atoms with Gasteiger partial charge in [0.05, 0.1) is 25.4 Å². The number of benzene rings is 2. The molecule has 0 spiro atoms. The summed E-state index contributed by atoms with van der Waals surface area (Å²) in [4.78, 5) is 40.8. The largest absolute Gasteiger partial charge is 0.455 e. The number of H-pyrrole nitrogens is 1. The number of nitrogens with one attached hydrogen (secondary N) is 1. The second-order valence-electron chi connectivity index (χ2n) is 14.0. The molecular formula is C35H46N2O8Si. The minimum atomic E-state index is -2.41. The van der Waals surface area contributed by atoms with Crippen LogP contribution in [0.25, 0.3) is 0 Å². The van der Waals surface area contributed by atoms with E-state index in [2.05, 4.69) is 38.8 Å². The van der Waals surface area contributed by atoms with E-state index in [-0.39, 0.29) is 18.3 Å². The number of hydrogen-bond acceptors (Lipinski definition) is 8. The van der Waals surface area contributed by atoms with Crippen molar-refractivity contribution in [2.24, 2.45) is 0 Å². The number of aromatic amines is 1. The summed E-state index contributed by atoms with van der Waals surface area (Å²) in [5, 5.41) is -0.116. The topological polar surface area (TPSA) is 118 Å². The smallest absolute Gasteiger partial charge is 0.330 e. The van der Waals surface area contributed by atoms with E-state index in [0.29, 0.717) is 25.0 Å². The summed E-state index contributed by atoms with van der Waals surface area (Å²) in [6.07, 6.45) is -0.328. The molecule has 3 aromatic rings. The molecule has 2 heterocycles. The monoisotopic (exact) mass is 650 g/mol. The van der Waals surface area contributed by atoms with Gasteiger partial charge in [0.15, 0.2) is 26.3 Å². The van der Waals surface area contributed by atoms with Gasteiger partial charge >= 0.3 is 11.7 Å². The molecule has 0 amide bonds. The van der Waals surface area contributed by atoms with Crippen LogP contribution >= 0.6 is 0 Å². The Morgan fingerprint density at radius 2 is 1.59 bits per heavy atom. The van der Waals surface area contributed by atoms with Gasteiger partial charge in [-0.05, 0) is 49.0 Å². The molecule has 1 saturated heterocycles. The maximum atomic E-state index is 13.3. The van der Waals surface area contributed by atoms with Crippen LogP contribution in [0.1, 0.15) is 63.5 Å². The Labute approximate surface area is 271 Å². The third kappa shape index (κ3) is 6.84. The fraction of sp³-hybridized carbons (Fsp3) is 0.514. The third-order valence-corrected chi connectivity index (χ3v) is 14.0. The lowest BCUT2D eigenvalue weighted by Gasteiger charge is -2.47. The molecule has 4 atom stereocenters. The number of ether oxygens (including phenoxy) is 4. The van der Waals surface area contributed by atoms with Crippen LogP contribution in [-0.2, 0) is 41.4 Å². The molecule has 1 saturated carbocycles. The number of aryl methyl sites for hydroxylation is 1. The molecular weight excluding hydrogens is 604 g/mol. The van der Waals surface area contributed by atoms with Crippen molar-refractivity contribution in [2.75, 3.05) is 6.61 Å². The lowest BCUT2D eigenvalue weighted by molar-refractivity contribution is -0.210. The van der Waals surface area contributed by atoms with Gasteiger partial charge in [0.1, 0.15) is 6.10 Å². The Balaban J connectivity index is 1.66. The Kier molecular flexibility index (Phi) is 9.64. The van der Waals surface area contributed by atoms with Crippen LogP contribution in [0, 0.1) is 6.92 Å². The zero-order valence-corrected chi connectivity index (χ0v) is 28.8. The van der Waals surface area contributed by atoms with E-state index in [1.54, 1.807) is 6.92 Å². The molecule has 2 aliphatic rings. The van der Waals surface area contributed by atoms with Crippen molar-refractivity contribution < 1.29 is 28.2 Å². The van der Waals surface area contributed by atoms with Crippen LogP contribution < -0.4 is 11.2 Å². The molecule has 2 fully saturated rings. The molecule has 1 N–H and O–H groups in total. The second kappa shape index (κ2) is 13.0.